The van der Waals surface area contributed by atoms with Crippen LogP contribution >= 0.6 is 0 Å². The molecule has 1 aliphatic heterocycles. The lowest BCUT2D eigenvalue weighted by Crippen LogP contribution is -2.54. The van der Waals surface area contributed by atoms with Crippen molar-refractivity contribution in [1.82, 2.24) is 5.32 Å². The highest BCUT2D eigenvalue weighted by molar-refractivity contribution is 6.74. The van der Waals surface area contributed by atoms with Gasteiger partial charge in [-0.25, -0.2) is 0 Å². The molecule has 2 N–H and O–H groups in total. The molecule has 152 valence electrons. The van der Waals surface area contributed by atoms with Crippen molar-refractivity contribution in [2.45, 2.75) is 88.1 Å². The number of rotatable bonds is 4. The van der Waals surface area contributed by atoms with Crippen LogP contribution in [0, 0.1) is 0 Å². The summed E-state index contributed by atoms with van der Waals surface area (Å²) in [6.45, 7) is 9.90. The molecule has 2 rings (SSSR count). The monoisotopic (exact) mass is 399 g/mol. The number of ether oxygens (including phenoxy) is 2. The Labute approximate surface area is 152 Å². The van der Waals surface area contributed by atoms with Gasteiger partial charge in [-0.1, -0.05) is 20.8 Å². The molecule has 1 aliphatic carbocycles. The van der Waals surface area contributed by atoms with E-state index in [1.165, 1.54) is 7.11 Å². The number of amides is 1. The van der Waals surface area contributed by atoms with Gasteiger partial charge in [0, 0.05) is 20.0 Å². The van der Waals surface area contributed by atoms with Crippen LogP contribution in [-0.2, 0) is 18.7 Å². The lowest BCUT2D eigenvalue weighted by Gasteiger charge is -2.41. The summed E-state index contributed by atoms with van der Waals surface area (Å²) in [7, 11) is -0.966. The quantitative estimate of drug-likeness (QED) is 0.710. The van der Waals surface area contributed by atoms with E-state index in [0.29, 0.717) is 0 Å². The Kier molecular flexibility index (Phi) is 5.60. The van der Waals surface area contributed by atoms with Crippen LogP contribution in [0.5, 0.6) is 0 Å². The molecule has 1 saturated heterocycles. The van der Waals surface area contributed by atoms with Gasteiger partial charge in [-0.2, -0.15) is 13.2 Å². The van der Waals surface area contributed by atoms with Crippen molar-refractivity contribution in [1.29, 1.82) is 0 Å². The summed E-state index contributed by atoms with van der Waals surface area (Å²) in [4.78, 5) is 11.4. The third-order valence-electron chi connectivity index (χ3n) is 5.69. The number of alkyl halides is 3. The molecule has 0 aromatic rings. The first-order valence-electron chi connectivity index (χ1n) is 8.57. The van der Waals surface area contributed by atoms with Crippen LogP contribution in [-0.4, -0.2) is 62.8 Å². The first kappa shape index (κ1) is 21.6. The number of aliphatic hydroxyl groups is 1. The lowest BCUT2D eigenvalue weighted by atomic mass is 9.98. The minimum Gasteiger partial charge on any atom is -0.409 e. The van der Waals surface area contributed by atoms with Gasteiger partial charge >= 0.3 is 12.1 Å². The molecule has 0 aromatic carbocycles. The smallest absolute Gasteiger partial charge is 0.409 e. The van der Waals surface area contributed by atoms with E-state index in [2.05, 4.69) is 0 Å². The molecule has 1 amide bonds. The highest BCUT2D eigenvalue weighted by atomic mass is 28.4. The molecule has 1 saturated carbocycles. The fraction of sp³-hybridized carbons (Fsp3) is 0.938. The van der Waals surface area contributed by atoms with Gasteiger partial charge in [-0.15, -0.1) is 0 Å². The standard InChI is InChI=1S/C16H28F3NO5Si/c1-14(2,3)26(5,6)25-11-9(20-13(21)16(17,18)19)7-15(22)8-10(23-4)24-12(11)15/h9-12,22H,7-8H2,1-6H3,(H,20,21)/t9-,10+,11-,12-,15+/m1/s1. The number of carbonyl (C=O) groups excluding carboxylic acids is 1. The molecule has 0 radical (unpaired) electrons. The van der Waals surface area contributed by atoms with Gasteiger partial charge < -0.3 is 24.3 Å². The summed E-state index contributed by atoms with van der Waals surface area (Å²) in [5.74, 6) is -2.04. The molecule has 5 atom stereocenters. The normalized spacial score (nSPS) is 35.5. The molecular formula is C16H28F3NO5Si. The SMILES string of the molecule is CO[C@@H]1C[C@@]2(O)C[C@@H](NC(=O)C(F)(F)F)[C@@H](O[Si](C)(C)C(C)(C)C)[C@H]2O1. The average molecular weight is 399 g/mol. The maximum absolute atomic E-state index is 12.7. The van der Waals surface area contributed by atoms with Crippen molar-refractivity contribution in [3.05, 3.63) is 0 Å². The van der Waals surface area contributed by atoms with E-state index in [1.807, 2.05) is 39.2 Å². The number of hydrogen-bond donors (Lipinski definition) is 2. The van der Waals surface area contributed by atoms with Gasteiger partial charge in [0.2, 0.25) is 0 Å². The van der Waals surface area contributed by atoms with E-state index in [-0.39, 0.29) is 17.9 Å². The summed E-state index contributed by atoms with van der Waals surface area (Å²) >= 11 is 0. The third-order valence-corrected chi connectivity index (χ3v) is 10.2. The van der Waals surface area contributed by atoms with Crippen molar-refractivity contribution < 1.29 is 37.0 Å². The molecule has 0 spiro atoms. The minimum absolute atomic E-state index is 0.0847. The van der Waals surface area contributed by atoms with E-state index in [1.54, 1.807) is 0 Å². The first-order chi connectivity index (χ1) is 11.6. The van der Waals surface area contributed by atoms with Crippen molar-refractivity contribution in [2.24, 2.45) is 0 Å². The first-order valence-corrected chi connectivity index (χ1v) is 11.5. The fourth-order valence-electron chi connectivity index (χ4n) is 3.22. The Morgan fingerprint density at radius 1 is 1.27 bits per heavy atom. The summed E-state index contributed by atoms with van der Waals surface area (Å²) in [5.41, 5.74) is -1.41. The highest BCUT2D eigenvalue weighted by Gasteiger charge is 2.62. The van der Waals surface area contributed by atoms with Crippen molar-refractivity contribution in [3.63, 3.8) is 0 Å². The predicted octanol–water partition coefficient (Wildman–Crippen LogP) is 2.32. The number of hydrogen-bond acceptors (Lipinski definition) is 5. The Hall–Kier alpha value is -0.683. The number of halogens is 3. The Morgan fingerprint density at radius 2 is 1.85 bits per heavy atom. The van der Waals surface area contributed by atoms with Gasteiger partial charge in [0.25, 0.3) is 0 Å². The molecule has 0 aromatic heterocycles. The maximum Gasteiger partial charge on any atom is 0.471 e. The Balaban J connectivity index is 2.28. The zero-order chi connectivity index (χ0) is 20.1. The highest BCUT2D eigenvalue weighted by Crippen LogP contribution is 2.47. The van der Waals surface area contributed by atoms with Crippen LogP contribution in [0.25, 0.3) is 0 Å². The van der Waals surface area contributed by atoms with E-state index in [4.69, 9.17) is 13.9 Å². The zero-order valence-corrected chi connectivity index (χ0v) is 16.9. The average Bonchev–Trinajstić information content (AvgIpc) is 2.89. The molecule has 10 heteroatoms. The van der Waals surface area contributed by atoms with Gasteiger partial charge in [-0.05, 0) is 18.1 Å². The van der Waals surface area contributed by atoms with Crippen molar-refractivity contribution in [3.8, 4) is 0 Å². The van der Waals surface area contributed by atoms with Crippen LogP contribution in [0.4, 0.5) is 13.2 Å². The summed E-state index contributed by atoms with van der Waals surface area (Å²) < 4.78 is 55.2. The van der Waals surface area contributed by atoms with Crippen LogP contribution in [0.15, 0.2) is 0 Å². The molecule has 0 bridgehead atoms. The van der Waals surface area contributed by atoms with Crippen LogP contribution in [0.1, 0.15) is 33.6 Å². The lowest BCUT2D eigenvalue weighted by molar-refractivity contribution is -0.176. The largest absolute Gasteiger partial charge is 0.471 e. The number of methoxy groups -OCH3 is 1. The number of carbonyl (C=O) groups is 1. The molecule has 6 nitrogen and oxygen atoms in total. The van der Waals surface area contributed by atoms with E-state index in [0.717, 1.165) is 0 Å². The second kappa shape index (κ2) is 6.73. The van der Waals surface area contributed by atoms with Gasteiger partial charge in [0.15, 0.2) is 14.6 Å². The van der Waals surface area contributed by atoms with E-state index in [9.17, 15) is 23.1 Å². The molecule has 1 heterocycles. The molecule has 0 unspecified atom stereocenters. The van der Waals surface area contributed by atoms with Crippen LogP contribution in [0.2, 0.25) is 18.1 Å². The van der Waals surface area contributed by atoms with E-state index >= 15 is 0 Å². The van der Waals surface area contributed by atoms with Crippen LogP contribution < -0.4 is 5.32 Å². The van der Waals surface area contributed by atoms with E-state index < -0.39 is 50.5 Å². The fourth-order valence-corrected chi connectivity index (χ4v) is 4.54. The number of fused-ring (bicyclic) bond motifs is 1. The molecule has 26 heavy (non-hydrogen) atoms. The predicted molar refractivity (Wildman–Crippen MR) is 89.9 cm³/mol. The second-order valence-electron chi connectivity index (χ2n) is 8.65. The van der Waals surface area contributed by atoms with Gasteiger partial charge in [-0.3, -0.25) is 4.79 Å². The number of nitrogens with one attached hydrogen (secondary N) is 1. The second-order valence-corrected chi connectivity index (χ2v) is 13.4. The Morgan fingerprint density at radius 3 is 2.31 bits per heavy atom. The topological polar surface area (TPSA) is 77.0 Å². The molecule has 2 fully saturated rings. The summed E-state index contributed by atoms with van der Waals surface area (Å²) in [6, 6.07) is -0.994. The third kappa shape index (κ3) is 4.09. The molecule has 2 aliphatic rings. The van der Waals surface area contributed by atoms with Crippen molar-refractivity contribution >= 4 is 14.2 Å². The van der Waals surface area contributed by atoms with Crippen molar-refractivity contribution in [2.75, 3.05) is 7.11 Å². The zero-order valence-electron chi connectivity index (χ0n) is 15.9. The Bertz CT molecular complexity index is 551. The van der Waals surface area contributed by atoms with Gasteiger partial charge in [0.1, 0.15) is 11.7 Å². The maximum atomic E-state index is 12.7. The summed E-state index contributed by atoms with van der Waals surface area (Å²) in [6.07, 6.45) is -7.37. The molecular weight excluding hydrogens is 371 g/mol. The summed E-state index contributed by atoms with van der Waals surface area (Å²) in [5, 5.41) is 12.7. The van der Waals surface area contributed by atoms with Gasteiger partial charge in [0.05, 0.1) is 12.1 Å². The van der Waals surface area contributed by atoms with Crippen LogP contribution in [0.3, 0.4) is 0 Å². The minimum atomic E-state index is -5.00.